The minimum atomic E-state index is -0.402. The van der Waals surface area contributed by atoms with Gasteiger partial charge in [-0.2, -0.15) is 0 Å². The highest BCUT2D eigenvalue weighted by Crippen LogP contribution is 2.13. The van der Waals surface area contributed by atoms with Crippen LogP contribution in [-0.2, 0) is 9.59 Å². The Kier molecular flexibility index (Phi) is 9.62. The van der Waals surface area contributed by atoms with Crippen molar-refractivity contribution in [2.45, 2.75) is 65.0 Å². The van der Waals surface area contributed by atoms with Gasteiger partial charge in [0.2, 0.25) is 11.8 Å². The van der Waals surface area contributed by atoms with E-state index in [1.165, 1.54) is 0 Å². The molecule has 1 fully saturated rings. The Morgan fingerprint density at radius 2 is 1.86 bits per heavy atom. The van der Waals surface area contributed by atoms with Gasteiger partial charge in [0.05, 0.1) is 6.04 Å². The molecule has 0 aromatic rings. The summed E-state index contributed by atoms with van der Waals surface area (Å²) in [4.78, 5) is 25.7. The number of nitrogens with two attached hydrogens (primary N) is 1. The van der Waals surface area contributed by atoms with Gasteiger partial charge >= 0.3 is 0 Å². The van der Waals surface area contributed by atoms with E-state index in [0.717, 1.165) is 38.8 Å². The largest absolute Gasteiger partial charge is 0.352 e. The molecule has 0 saturated carbocycles. The molecule has 0 aromatic carbocycles. The number of carbonyl (C=O) groups is 2. The van der Waals surface area contributed by atoms with E-state index < -0.39 is 6.04 Å². The molecule has 1 rings (SSSR count). The van der Waals surface area contributed by atoms with Crippen LogP contribution in [0, 0.1) is 5.92 Å². The second-order valence-corrected chi connectivity index (χ2v) is 6.16. The van der Waals surface area contributed by atoms with Crippen molar-refractivity contribution in [3.63, 3.8) is 0 Å². The van der Waals surface area contributed by atoms with E-state index in [1.54, 1.807) is 0 Å². The molecule has 1 unspecified atom stereocenters. The quantitative estimate of drug-likeness (QED) is 0.782. The average molecular weight is 320 g/mol. The fourth-order valence-corrected chi connectivity index (χ4v) is 2.50. The molecular weight excluding hydrogens is 290 g/mol. The lowest BCUT2D eigenvalue weighted by Gasteiger charge is -2.33. The number of nitrogens with zero attached hydrogens (tertiary/aromatic N) is 1. The number of carbonyl (C=O) groups excluding carboxylic acids is 2. The third-order valence-corrected chi connectivity index (χ3v) is 3.71. The van der Waals surface area contributed by atoms with Gasteiger partial charge in [-0.05, 0) is 25.2 Å². The van der Waals surface area contributed by atoms with E-state index in [0.29, 0.717) is 12.3 Å². The van der Waals surface area contributed by atoms with Crippen molar-refractivity contribution in [2.24, 2.45) is 11.7 Å². The first kappa shape index (κ1) is 20.2. The molecule has 6 heteroatoms. The maximum Gasteiger partial charge on any atom is 0.237 e. The summed E-state index contributed by atoms with van der Waals surface area (Å²) in [6.07, 6.45) is 3.90. The summed E-state index contributed by atoms with van der Waals surface area (Å²) in [6.45, 7) is 7.60. The van der Waals surface area contributed by atoms with E-state index in [9.17, 15) is 9.59 Å². The fraction of sp³-hybridized carbons (Fsp3) is 0.867. The maximum atomic E-state index is 11.9. The summed E-state index contributed by atoms with van der Waals surface area (Å²) in [5.41, 5.74) is 5.80. The van der Waals surface area contributed by atoms with Crippen LogP contribution in [0.15, 0.2) is 0 Å². The molecule has 0 aliphatic carbocycles. The molecule has 1 saturated heterocycles. The minimum Gasteiger partial charge on any atom is -0.352 e. The lowest BCUT2D eigenvalue weighted by atomic mass is 10.0. The van der Waals surface area contributed by atoms with Crippen molar-refractivity contribution in [1.82, 2.24) is 10.2 Å². The van der Waals surface area contributed by atoms with Gasteiger partial charge in [0.1, 0.15) is 0 Å². The molecular formula is C15H30ClN3O2. The molecule has 0 bridgehead atoms. The highest BCUT2D eigenvalue weighted by atomic mass is 35.5. The summed E-state index contributed by atoms with van der Waals surface area (Å²) in [7, 11) is 0. The number of hydrogen-bond acceptors (Lipinski definition) is 3. The van der Waals surface area contributed by atoms with Gasteiger partial charge in [0.25, 0.3) is 0 Å². The summed E-state index contributed by atoms with van der Waals surface area (Å²) >= 11 is 0. The normalized spacial score (nSPS) is 17.3. The van der Waals surface area contributed by atoms with Crippen LogP contribution in [-0.4, -0.2) is 41.9 Å². The standard InChI is InChI=1S/C15H29N3O2.ClH/c1-4-5-13(16)15(20)17-12-6-8-18(9-7-12)14(19)10-11(2)3;/h11-13H,4-10,16H2,1-3H3,(H,17,20);1H. The molecule has 0 radical (unpaired) electrons. The molecule has 2 amide bonds. The molecule has 1 aliphatic rings. The molecule has 1 atom stereocenters. The van der Waals surface area contributed by atoms with E-state index in [1.807, 2.05) is 11.8 Å². The van der Waals surface area contributed by atoms with Crippen LogP contribution in [0.25, 0.3) is 0 Å². The van der Waals surface area contributed by atoms with Gasteiger partial charge in [0, 0.05) is 25.6 Å². The first-order valence-corrected chi connectivity index (χ1v) is 7.77. The van der Waals surface area contributed by atoms with E-state index in [-0.39, 0.29) is 30.3 Å². The zero-order valence-corrected chi connectivity index (χ0v) is 14.2. The zero-order chi connectivity index (χ0) is 15.1. The number of nitrogens with one attached hydrogen (secondary N) is 1. The second-order valence-electron chi connectivity index (χ2n) is 6.16. The van der Waals surface area contributed by atoms with E-state index in [2.05, 4.69) is 19.2 Å². The Hall–Kier alpha value is -0.810. The number of amides is 2. The third kappa shape index (κ3) is 7.14. The van der Waals surface area contributed by atoms with Gasteiger partial charge in [-0.15, -0.1) is 12.4 Å². The number of likely N-dealkylation sites (tertiary alicyclic amines) is 1. The summed E-state index contributed by atoms with van der Waals surface area (Å²) in [6, 6.07) is -0.242. The number of piperidine rings is 1. The highest BCUT2D eigenvalue weighted by Gasteiger charge is 2.25. The number of hydrogen-bond donors (Lipinski definition) is 2. The van der Waals surface area contributed by atoms with Crippen molar-refractivity contribution in [2.75, 3.05) is 13.1 Å². The molecule has 1 aliphatic heterocycles. The first-order chi connectivity index (χ1) is 9.43. The molecule has 3 N–H and O–H groups in total. The second kappa shape index (κ2) is 10.0. The van der Waals surface area contributed by atoms with Crippen molar-refractivity contribution in [3.05, 3.63) is 0 Å². The van der Waals surface area contributed by atoms with E-state index in [4.69, 9.17) is 5.73 Å². The lowest BCUT2D eigenvalue weighted by Crippen LogP contribution is -2.50. The maximum absolute atomic E-state index is 11.9. The predicted octanol–water partition coefficient (Wildman–Crippen LogP) is 1.69. The van der Waals surface area contributed by atoms with Crippen molar-refractivity contribution in [1.29, 1.82) is 0 Å². The number of rotatable bonds is 6. The summed E-state index contributed by atoms with van der Waals surface area (Å²) < 4.78 is 0. The fourth-order valence-electron chi connectivity index (χ4n) is 2.50. The van der Waals surface area contributed by atoms with Gasteiger partial charge in [-0.25, -0.2) is 0 Å². The van der Waals surface area contributed by atoms with Crippen LogP contribution in [0.3, 0.4) is 0 Å². The van der Waals surface area contributed by atoms with Crippen LogP contribution < -0.4 is 11.1 Å². The molecule has 0 aromatic heterocycles. The molecule has 124 valence electrons. The molecule has 5 nitrogen and oxygen atoms in total. The third-order valence-electron chi connectivity index (χ3n) is 3.71. The van der Waals surface area contributed by atoms with E-state index >= 15 is 0 Å². The molecule has 21 heavy (non-hydrogen) atoms. The van der Waals surface area contributed by atoms with Gasteiger partial charge in [-0.3, -0.25) is 9.59 Å². The Morgan fingerprint density at radius 3 is 2.33 bits per heavy atom. The smallest absolute Gasteiger partial charge is 0.237 e. The zero-order valence-electron chi connectivity index (χ0n) is 13.4. The Balaban J connectivity index is 0.00000400. The van der Waals surface area contributed by atoms with Crippen LogP contribution in [0.2, 0.25) is 0 Å². The topological polar surface area (TPSA) is 75.4 Å². The molecule has 1 heterocycles. The lowest BCUT2D eigenvalue weighted by molar-refractivity contribution is -0.133. The van der Waals surface area contributed by atoms with Crippen LogP contribution in [0.5, 0.6) is 0 Å². The van der Waals surface area contributed by atoms with Crippen LogP contribution >= 0.6 is 12.4 Å². The van der Waals surface area contributed by atoms with Crippen molar-refractivity contribution < 1.29 is 9.59 Å². The van der Waals surface area contributed by atoms with Gasteiger partial charge in [-0.1, -0.05) is 27.2 Å². The number of halogens is 1. The van der Waals surface area contributed by atoms with Crippen molar-refractivity contribution >= 4 is 24.2 Å². The van der Waals surface area contributed by atoms with Crippen LogP contribution in [0.4, 0.5) is 0 Å². The minimum absolute atomic E-state index is 0. The summed E-state index contributed by atoms with van der Waals surface area (Å²) in [5.74, 6) is 0.568. The van der Waals surface area contributed by atoms with Crippen LogP contribution in [0.1, 0.15) is 52.9 Å². The Bertz CT molecular complexity index is 329. The highest BCUT2D eigenvalue weighted by molar-refractivity contribution is 5.85. The monoisotopic (exact) mass is 319 g/mol. The predicted molar refractivity (Wildman–Crippen MR) is 87.3 cm³/mol. The Morgan fingerprint density at radius 1 is 1.29 bits per heavy atom. The average Bonchev–Trinajstić information content (AvgIpc) is 2.39. The first-order valence-electron chi connectivity index (χ1n) is 7.77. The SMILES string of the molecule is CCCC(N)C(=O)NC1CCN(C(=O)CC(C)C)CC1.Cl. The van der Waals surface area contributed by atoms with Gasteiger partial charge in [0.15, 0.2) is 0 Å². The Labute approximate surface area is 134 Å². The van der Waals surface area contributed by atoms with Gasteiger partial charge < -0.3 is 16.0 Å². The van der Waals surface area contributed by atoms with Crippen molar-refractivity contribution in [3.8, 4) is 0 Å². The molecule has 0 spiro atoms. The summed E-state index contributed by atoms with van der Waals surface area (Å²) in [5, 5.41) is 3.00.